The van der Waals surface area contributed by atoms with Crippen LogP contribution in [0.15, 0.2) is 24.3 Å². The van der Waals surface area contributed by atoms with Crippen LogP contribution in [0, 0.1) is 0 Å². The average molecular weight is 290 g/mol. The highest BCUT2D eigenvalue weighted by molar-refractivity contribution is 5.77. The number of aliphatic hydroxyl groups is 1. The van der Waals surface area contributed by atoms with Crippen LogP contribution >= 0.6 is 0 Å². The maximum absolute atomic E-state index is 12.2. The molecule has 1 aromatic heterocycles. The summed E-state index contributed by atoms with van der Waals surface area (Å²) in [7, 11) is 0. The Morgan fingerprint density at radius 1 is 1.33 bits per heavy atom. The van der Waals surface area contributed by atoms with Crippen LogP contribution in [-0.4, -0.2) is 62.8 Å². The van der Waals surface area contributed by atoms with E-state index in [1.165, 1.54) is 4.80 Å². The van der Waals surface area contributed by atoms with Gasteiger partial charge in [0.2, 0.25) is 5.91 Å². The van der Waals surface area contributed by atoms with E-state index >= 15 is 0 Å². The van der Waals surface area contributed by atoms with Gasteiger partial charge in [0.15, 0.2) is 0 Å². The molecule has 7 nitrogen and oxygen atoms in total. The quantitative estimate of drug-likeness (QED) is 0.860. The highest BCUT2D eigenvalue weighted by Crippen LogP contribution is 2.14. The first-order chi connectivity index (χ1) is 10.2. The summed E-state index contributed by atoms with van der Waals surface area (Å²) in [4.78, 5) is 15.2. The summed E-state index contributed by atoms with van der Waals surface area (Å²) in [6.45, 7) is 3.17. The van der Waals surface area contributed by atoms with Gasteiger partial charge in [0.05, 0.1) is 6.10 Å². The van der Waals surface area contributed by atoms with Gasteiger partial charge in [-0.15, -0.1) is 0 Å². The van der Waals surface area contributed by atoms with Crippen LogP contribution in [0.3, 0.4) is 0 Å². The van der Waals surface area contributed by atoms with Crippen molar-refractivity contribution in [1.29, 1.82) is 0 Å². The summed E-state index contributed by atoms with van der Waals surface area (Å²) in [5, 5.41) is 18.4. The van der Waals surface area contributed by atoms with Crippen LogP contribution in [0.25, 0.3) is 11.0 Å². The molecule has 0 radical (unpaired) electrons. The molecule has 1 aliphatic rings. The number of aliphatic hydroxyl groups excluding tert-OH is 1. The topological polar surface area (TPSA) is 80.5 Å². The largest absolute Gasteiger partial charge is 0.388 e. The van der Waals surface area contributed by atoms with Crippen molar-refractivity contribution in [2.75, 3.05) is 19.7 Å². The van der Waals surface area contributed by atoms with Crippen LogP contribution in [0.1, 0.15) is 6.92 Å². The number of carbonyl (C=O) groups is 1. The molecule has 1 aliphatic heterocycles. The van der Waals surface area contributed by atoms with Crippen LogP contribution in [0.2, 0.25) is 0 Å². The molecule has 1 fully saturated rings. The predicted octanol–water partition coefficient (Wildman–Crippen LogP) is 0.0395. The zero-order valence-electron chi connectivity index (χ0n) is 11.8. The van der Waals surface area contributed by atoms with Crippen molar-refractivity contribution >= 4 is 16.9 Å². The molecule has 2 heterocycles. The van der Waals surface area contributed by atoms with Crippen LogP contribution in [0.5, 0.6) is 0 Å². The first kappa shape index (κ1) is 14.0. The van der Waals surface area contributed by atoms with Crippen molar-refractivity contribution in [2.24, 2.45) is 0 Å². The molecule has 2 atom stereocenters. The molecule has 7 heteroatoms. The highest BCUT2D eigenvalue weighted by Gasteiger charge is 2.34. The van der Waals surface area contributed by atoms with Crippen LogP contribution < -0.4 is 0 Å². The molecular weight excluding hydrogens is 272 g/mol. The molecule has 2 aromatic rings. The molecule has 0 aliphatic carbocycles. The Labute approximate surface area is 122 Å². The van der Waals surface area contributed by atoms with E-state index in [0.717, 1.165) is 11.0 Å². The maximum Gasteiger partial charge on any atom is 0.246 e. The van der Waals surface area contributed by atoms with Gasteiger partial charge in [-0.25, -0.2) is 0 Å². The van der Waals surface area contributed by atoms with Crippen molar-refractivity contribution < 1.29 is 14.6 Å². The summed E-state index contributed by atoms with van der Waals surface area (Å²) in [6, 6.07) is 7.47. The minimum atomic E-state index is -0.626. The molecule has 3 rings (SSSR count). The number of ether oxygens (including phenoxy) is 1. The second-order valence-corrected chi connectivity index (χ2v) is 5.08. The zero-order valence-corrected chi connectivity index (χ0v) is 11.8. The van der Waals surface area contributed by atoms with Gasteiger partial charge in [-0.3, -0.25) is 4.79 Å². The minimum absolute atomic E-state index is 0.0697. The summed E-state index contributed by atoms with van der Waals surface area (Å²) < 4.78 is 5.41. The predicted molar refractivity (Wildman–Crippen MR) is 75.5 cm³/mol. The second kappa shape index (κ2) is 5.79. The smallest absolute Gasteiger partial charge is 0.246 e. The summed E-state index contributed by atoms with van der Waals surface area (Å²) >= 11 is 0. The lowest BCUT2D eigenvalue weighted by Crippen LogP contribution is -2.33. The maximum atomic E-state index is 12.2. The normalized spacial score (nSPS) is 22.1. The molecule has 1 N–H and O–H groups in total. The monoisotopic (exact) mass is 290 g/mol. The van der Waals surface area contributed by atoms with Gasteiger partial charge in [0.1, 0.15) is 23.7 Å². The number of hydrogen-bond acceptors (Lipinski definition) is 5. The number of hydrogen-bond donors (Lipinski definition) is 1. The number of amides is 1. The lowest BCUT2D eigenvalue weighted by molar-refractivity contribution is -0.131. The Kier molecular flexibility index (Phi) is 3.85. The zero-order chi connectivity index (χ0) is 14.8. The lowest BCUT2D eigenvalue weighted by atomic mass is 10.3. The van der Waals surface area contributed by atoms with E-state index in [1.807, 2.05) is 31.2 Å². The van der Waals surface area contributed by atoms with Crippen molar-refractivity contribution in [1.82, 2.24) is 19.9 Å². The molecule has 0 spiro atoms. The van der Waals surface area contributed by atoms with Gasteiger partial charge in [0, 0.05) is 19.7 Å². The van der Waals surface area contributed by atoms with Gasteiger partial charge in [-0.05, 0) is 19.1 Å². The van der Waals surface area contributed by atoms with Crippen molar-refractivity contribution in [3.63, 3.8) is 0 Å². The number of nitrogens with zero attached hydrogens (tertiary/aromatic N) is 4. The number of aromatic nitrogens is 3. The molecule has 0 unspecified atom stereocenters. The second-order valence-electron chi connectivity index (χ2n) is 5.08. The number of β-amino-alcohol motifs (C(OH)–C–C–N with tert-alkyl or cyclic N) is 1. The Balaban J connectivity index is 1.66. The fourth-order valence-electron chi connectivity index (χ4n) is 2.53. The third-order valence-corrected chi connectivity index (χ3v) is 3.58. The van der Waals surface area contributed by atoms with Gasteiger partial charge in [0.25, 0.3) is 0 Å². The number of benzene rings is 1. The van der Waals surface area contributed by atoms with E-state index < -0.39 is 6.10 Å². The first-order valence-corrected chi connectivity index (χ1v) is 7.04. The van der Waals surface area contributed by atoms with Crippen molar-refractivity contribution in [2.45, 2.75) is 25.7 Å². The summed E-state index contributed by atoms with van der Waals surface area (Å²) in [5.74, 6) is -0.114. The third-order valence-electron chi connectivity index (χ3n) is 3.58. The van der Waals surface area contributed by atoms with E-state index in [1.54, 1.807) is 4.90 Å². The van der Waals surface area contributed by atoms with Gasteiger partial charge < -0.3 is 14.7 Å². The van der Waals surface area contributed by atoms with Crippen LogP contribution in [0.4, 0.5) is 0 Å². The van der Waals surface area contributed by atoms with Crippen LogP contribution in [-0.2, 0) is 16.1 Å². The standard InChI is InChI=1S/C14H18N4O3/c1-2-21-13-8-17(7-12(13)19)14(20)9-18-15-10-5-3-4-6-11(10)16-18/h3-6,12-13,19H,2,7-9H2,1H3/t12-,13-/m1/s1. The molecule has 112 valence electrons. The molecule has 0 saturated carbocycles. The number of rotatable bonds is 4. The lowest BCUT2D eigenvalue weighted by Gasteiger charge is -2.15. The average Bonchev–Trinajstić information content (AvgIpc) is 3.03. The molecule has 21 heavy (non-hydrogen) atoms. The van der Waals surface area contributed by atoms with Crippen molar-refractivity contribution in [3.8, 4) is 0 Å². The van der Waals surface area contributed by atoms with E-state index in [9.17, 15) is 9.90 Å². The van der Waals surface area contributed by atoms with Gasteiger partial charge in [-0.1, -0.05) is 12.1 Å². The molecule has 1 amide bonds. The van der Waals surface area contributed by atoms with E-state index in [0.29, 0.717) is 19.7 Å². The highest BCUT2D eigenvalue weighted by atomic mass is 16.5. The first-order valence-electron chi connectivity index (χ1n) is 7.04. The van der Waals surface area contributed by atoms with Gasteiger partial charge in [-0.2, -0.15) is 15.0 Å². The van der Waals surface area contributed by atoms with E-state index in [2.05, 4.69) is 10.2 Å². The van der Waals surface area contributed by atoms with E-state index in [4.69, 9.17) is 4.74 Å². The Hall–Kier alpha value is -1.99. The fourth-order valence-corrected chi connectivity index (χ4v) is 2.53. The fraction of sp³-hybridized carbons (Fsp3) is 0.500. The third kappa shape index (κ3) is 2.88. The minimum Gasteiger partial charge on any atom is -0.388 e. The summed E-state index contributed by atoms with van der Waals surface area (Å²) in [6.07, 6.45) is -0.929. The molecule has 1 saturated heterocycles. The van der Waals surface area contributed by atoms with Crippen molar-refractivity contribution in [3.05, 3.63) is 24.3 Å². The molecular formula is C14H18N4O3. The SMILES string of the molecule is CCO[C@@H]1CN(C(=O)Cn2nc3ccccc3n2)C[C@H]1O. The number of fused-ring (bicyclic) bond motifs is 1. The molecule has 0 bridgehead atoms. The Morgan fingerprint density at radius 3 is 2.62 bits per heavy atom. The van der Waals surface area contributed by atoms with Gasteiger partial charge >= 0.3 is 0 Å². The molecule has 1 aromatic carbocycles. The Bertz CT molecular complexity index is 609. The summed E-state index contributed by atoms with van der Waals surface area (Å²) in [5.41, 5.74) is 1.53. The number of carbonyl (C=O) groups excluding carboxylic acids is 1. The van der Waals surface area contributed by atoms with E-state index in [-0.39, 0.29) is 18.6 Å². The Morgan fingerprint density at radius 2 is 2.00 bits per heavy atom. The number of likely N-dealkylation sites (tertiary alicyclic amines) is 1.